The van der Waals surface area contributed by atoms with Crippen molar-refractivity contribution in [2.75, 3.05) is 6.54 Å². The second-order valence-corrected chi connectivity index (χ2v) is 8.97. The van der Waals surface area contributed by atoms with Crippen LogP contribution in [0, 0.1) is 0 Å². The van der Waals surface area contributed by atoms with Gasteiger partial charge in [-0.15, -0.1) is 0 Å². The van der Waals surface area contributed by atoms with Gasteiger partial charge in [-0.1, -0.05) is 41.9 Å². The highest BCUT2D eigenvalue weighted by atomic mass is 35.5. The first-order valence-corrected chi connectivity index (χ1v) is 11.5. The van der Waals surface area contributed by atoms with Gasteiger partial charge in [0.25, 0.3) is 5.91 Å². The smallest absolute Gasteiger partial charge is 0.251 e. The Hall–Kier alpha value is -2.04. The first-order chi connectivity index (χ1) is 14.1. The molecule has 5 heteroatoms. The molecule has 0 fully saturated rings. The Morgan fingerprint density at radius 3 is 2.83 bits per heavy atom. The number of nitrogens with zero attached hydrogens (tertiary/aromatic N) is 1. The molecule has 1 aliphatic carbocycles. The van der Waals surface area contributed by atoms with Gasteiger partial charge in [0.15, 0.2) is 0 Å². The van der Waals surface area contributed by atoms with Gasteiger partial charge in [0.05, 0.1) is 5.69 Å². The molecule has 0 bridgehead atoms. The van der Waals surface area contributed by atoms with Gasteiger partial charge in [-0.2, -0.15) is 0 Å². The normalized spacial score (nSPS) is 15.5. The molecule has 0 radical (unpaired) electrons. The Bertz CT molecular complexity index is 996. The molecule has 1 heterocycles. The summed E-state index contributed by atoms with van der Waals surface area (Å²) in [7, 11) is 0. The molecule has 0 atom stereocenters. The van der Waals surface area contributed by atoms with E-state index in [4.69, 9.17) is 16.6 Å². The fraction of sp³-hybridized carbons (Fsp3) is 0.333. The lowest BCUT2D eigenvalue weighted by Gasteiger charge is -2.13. The summed E-state index contributed by atoms with van der Waals surface area (Å²) >= 11 is 7.89. The van der Waals surface area contributed by atoms with Crippen LogP contribution < -0.4 is 5.32 Å². The Morgan fingerprint density at radius 1 is 1.17 bits per heavy atom. The Kier molecular flexibility index (Phi) is 6.41. The van der Waals surface area contributed by atoms with Crippen LogP contribution in [0.3, 0.4) is 0 Å². The third-order valence-electron chi connectivity index (χ3n) is 5.40. The largest absolute Gasteiger partial charge is 0.352 e. The minimum atomic E-state index is -0.0349. The summed E-state index contributed by atoms with van der Waals surface area (Å²) in [5.41, 5.74) is 5.05. The zero-order chi connectivity index (χ0) is 20.2. The van der Waals surface area contributed by atoms with Crippen LogP contribution in [0.1, 0.15) is 61.4 Å². The highest BCUT2D eigenvalue weighted by Crippen LogP contribution is 2.41. The summed E-state index contributed by atoms with van der Waals surface area (Å²) in [6.45, 7) is 2.78. The lowest BCUT2D eigenvalue weighted by atomic mass is 9.97. The van der Waals surface area contributed by atoms with Crippen molar-refractivity contribution in [1.82, 2.24) is 5.32 Å². The number of fused-ring (bicyclic) bond motifs is 2. The summed E-state index contributed by atoms with van der Waals surface area (Å²) in [4.78, 5) is 19.8. The lowest BCUT2D eigenvalue weighted by Crippen LogP contribution is -2.24. The first kappa shape index (κ1) is 20.2. The van der Waals surface area contributed by atoms with Crippen LogP contribution in [0.25, 0.3) is 0 Å². The molecule has 4 rings (SSSR count). The molecule has 2 aromatic rings. The molecule has 0 saturated carbocycles. The third kappa shape index (κ3) is 4.76. The van der Waals surface area contributed by atoms with Gasteiger partial charge < -0.3 is 5.32 Å². The van der Waals surface area contributed by atoms with Gasteiger partial charge in [-0.25, -0.2) is 0 Å². The fourth-order valence-electron chi connectivity index (χ4n) is 3.81. The maximum atomic E-state index is 12.7. The predicted octanol–water partition coefficient (Wildman–Crippen LogP) is 6.96. The molecule has 1 amide bonds. The quantitative estimate of drug-likeness (QED) is 0.527. The zero-order valence-electron chi connectivity index (χ0n) is 16.6. The van der Waals surface area contributed by atoms with Crippen LogP contribution in [-0.2, 0) is 0 Å². The van der Waals surface area contributed by atoms with Gasteiger partial charge in [0, 0.05) is 38.2 Å². The minimum absolute atomic E-state index is 0.0349. The highest BCUT2D eigenvalue weighted by Gasteiger charge is 2.18. The van der Waals surface area contributed by atoms with Crippen molar-refractivity contribution in [1.29, 1.82) is 0 Å². The number of carbonyl (C=O) groups excluding carboxylic acids is 1. The molecule has 1 aliphatic heterocycles. The van der Waals surface area contributed by atoms with Crippen LogP contribution in [-0.4, -0.2) is 18.2 Å². The maximum absolute atomic E-state index is 12.7. The Balaban J connectivity index is 1.52. The van der Waals surface area contributed by atoms with Crippen molar-refractivity contribution in [3.8, 4) is 0 Å². The van der Waals surface area contributed by atoms with Crippen LogP contribution in [0.4, 0.5) is 5.69 Å². The van der Waals surface area contributed by atoms with E-state index in [9.17, 15) is 4.79 Å². The van der Waals surface area contributed by atoms with Crippen LogP contribution >= 0.6 is 23.4 Å². The molecule has 0 saturated heterocycles. The molecule has 150 valence electrons. The molecule has 3 nitrogen and oxygen atoms in total. The van der Waals surface area contributed by atoms with E-state index in [1.807, 2.05) is 36.4 Å². The summed E-state index contributed by atoms with van der Waals surface area (Å²) in [5.74, 6) is -0.0349. The van der Waals surface area contributed by atoms with Crippen molar-refractivity contribution in [2.45, 2.75) is 55.2 Å². The van der Waals surface area contributed by atoms with Gasteiger partial charge in [0.1, 0.15) is 0 Å². The van der Waals surface area contributed by atoms with Crippen molar-refractivity contribution >= 4 is 40.7 Å². The molecule has 0 spiro atoms. The monoisotopic (exact) mass is 424 g/mol. The van der Waals surface area contributed by atoms with Crippen LogP contribution in [0.15, 0.2) is 62.8 Å². The maximum Gasteiger partial charge on any atom is 0.251 e. The van der Waals surface area contributed by atoms with E-state index < -0.39 is 0 Å². The Labute approximate surface area is 181 Å². The van der Waals surface area contributed by atoms with E-state index in [0.717, 1.165) is 39.6 Å². The van der Waals surface area contributed by atoms with E-state index in [-0.39, 0.29) is 5.91 Å². The molecular weight excluding hydrogens is 400 g/mol. The number of benzene rings is 2. The molecule has 29 heavy (non-hydrogen) atoms. The lowest BCUT2D eigenvalue weighted by molar-refractivity contribution is 0.0954. The van der Waals surface area contributed by atoms with Crippen LogP contribution in [0.5, 0.6) is 0 Å². The third-order valence-corrected chi connectivity index (χ3v) is 6.78. The second-order valence-electron chi connectivity index (χ2n) is 7.45. The van der Waals surface area contributed by atoms with Crippen molar-refractivity contribution in [3.05, 3.63) is 64.2 Å². The number of amides is 1. The summed E-state index contributed by atoms with van der Waals surface area (Å²) in [6.07, 6.45) is 8.99. The molecule has 0 aromatic heterocycles. The van der Waals surface area contributed by atoms with Gasteiger partial charge >= 0.3 is 0 Å². The SMILES string of the molecule is CCC1=Nc2cc(C(=O)NCCC3=CCCCC3)ccc2Sc2ccc(Cl)cc21. The van der Waals surface area contributed by atoms with Crippen molar-refractivity contribution in [2.24, 2.45) is 4.99 Å². The molecule has 2 aliphatic rings. The average Bonchev–Trinajstić information content (AvgIpc) is 2.90. The number of nitrogens with one attached hydrogen (secondary N) is 1. The molecular formula is C24H25ClN2OS. The number of carbonyl (C=O) groups is 1. The number of hydrogen-bond acceptors (Lipinski definition) is 3. The summed E-state index contributed by atoms with van der Waals surface area (Å²) in [6, 6.07) is 11.7. The minimum Gasteiger partial charge on any atom is -0.352 e. The second kappa shape index (κ2) is 9.19. The van der Waals surface area contributed by atoms with Crippen molar-refractivity contribution < 1.29 is 4.79 Å². The zero-order valence-corrected chi connectivity index (χ0v) is 18.2. The number of allylic oxidation sites excluding steroid dienone is 1. The molecule has 2 aromatic carbocycles. The van der Waals surface area contributed by atoms with Crippen LogP contribution in [0.2, 0.25) is 5.02 Å². The fourth-order valence-corrected chi connectivity index (χ4v) is 4.99. The highest BCUT2D eigenvalue weighted by molar-refractivity contribution is 7.99. The summed E-state index contributed by atoms with van der Waals surface area (Å²) in [5, 5.41) is 3.78. The first-order valence-electron chi connectivity index (χ1n) is 10.3. The Morgan fingerprint density at radius 2 is 2.03 bits per heavy atom. The topological polar surface area (TPSA) is 41.5 Å². The van der Waals surface area contributed by atoms with E-state index >= 15 is 0 Å². The van der Waals surface area contributed by atoms with Crippen molar-refractivity contribution in [3.63, 3.8) is 0 Å². The average molecular weight is 425 g/mol. The van der Waals surface area contributed by atoms with Gasteiger partial charge in [-0.3, -0.25) is 9.79 Å². The number of hydrogen-bond donors (Lipinski definition) is 1. The summed E-state index contributed by atoms with van der Waals surface area (Å²) < 4.78 is 0. The van der Waals surface area contributed by atoms with E-state index in [2.05, 4.69) is 18.3 Å². The van der Waals surface area contributed by atoms with Gasteiger partial charge in [0.2, 0.25) is 0 Å². The van der Waals surface area contributed by atoms with E-state index in [0.29, 0.717) is 17.1 Å². The number of rotatable bonds is 5. The van der Waals surface area contributed by atoms with E-state index in [1.54, 1.807) is 11.8 Å². The predicted molar refractivity (Wildman–Crippen MR) is 122 cm³/mol. The molecule has 1 N–H and O–H groups in total. The number of aliphatic imine (C=N–C) groups is 1. The van der Waals surface area contributed by atoms with E-state index in [1.165, 1.54) is 31.3 Å². The number of halogens is 1. The standard InChI is InChI=1S/C24H25ClN2OS/c1-2-20-19-15-18(25)9-11-22(19)29-23-10-8-17(14-21(23)27-20)24(28)26-13-12-16-6-4-3-5-7-16/h6,8-11,14-15H,2-5,7,12-13H2,1H3,(H,26,28). The van der Waals surface area contributed by atoms with Gasteiger partial charge in [-0.05, 0) is 74.9 Å². The molecule has 0 unspecified atom stereocenters.